The number of rotatable bonds is 10. The normalized spacial score (nSPS) is 21.9. The summed E-state index contributed by atoms with van der Waals surface area (Å²) in [6.07, 6.45) is 4.33. The highest BCUT2D eigenvalue weighted by Gasteiger charge is 2.47. The molecule has 7 rings (SSSR count). The molecule has 2 aliphatic heterocycles. The summed E-state index contributed by atoms with van der Waals surface area (Å²) in [6.45, 7) is 22.0. The molecule has 3 aromatic carbocycles. The summed E-state index contributed by atoms with van der Waals surface area (Å²) in [5, 5.41) is 15.9. The number of hydrogen-bond donors (Lipinski definition) is 5. The van der Waals surface area contributed by atoms with Crippen LogP contribution in [0.2, 0.25) is 0 Å². The van der Waals surface area contributed by atoms with Crippen LogP contribution in [0, 0.1) is 10.8 Å². The highest BCUT2D eigenvalue weighted by molar-refractivity contribution is 5.94. The van der Waals surface area contributed by atoms with Gasteiger partial charge >= 0.3 is 12.2 Å². The summed E-state index contributed by atoms with van der Waals surface area (Å²) in [4.78, 5) is 88.9. The first-order chi connectivity index (χ1) is 33.6. The lowest BCUT2D eigenvalue weighted by Gasteiger charge is -2.41. The Hall–Kier alpha value is -6.12. The molecule has 0 saturated carbocycles. The highest BCUT2D eigenvalue weighted by atomic mass is 16.6. The van der Waals surface area contributed by atoms with Gasteiger partial charge in [0.05, 0.1) is 12.1 Å². The summed E-state index contributed by atoms with van der Waals surface area (Å²) >= 11 is 0. The molecule has 7 atom stereocenters. The zero-order valence-corrected chi connectivity index (χ0v) is 44.6. The van der Waals surface area contributed by atoms with E-state index in [-0.39, 0.29) is 55.9 Å². The Labute approximate surface area is 426 Å². The van der Waals surface area contributed by atoms with E-state index in [0.29, 0.717) is 5.69 Å². The molecule has 0 aromatic heterocycles. The third-order valence-electron chi connectivity index (χ3n) is 14.1. The molecule has 3 aromatic rings. The maximum absolute atomic E-state index is 15.0. The molecule has 15 heteroatoms. The molecule has 72 heavy (non-hydrogen) atoms. The van der Waals surface area contributed by atoms with Crippen LogP contribution >= 0.6 is 0 Å². The van der Waals surface area contributed by atoms with Crippen LogP contribution in [-0.4, -0.2) is 93.6 Å². The predicted molar refractivity (Wildman–Crippen MR) is 278 cm³/mol. The maximum Gasteiger partial charge on any atom is 0.408 e. The van der Waals surface area contributed by atoms with Crippen LogP contribution in [0.3, 0.4) is 0 Å². The molecule has 6 amide bonds. The number of fused-ring (bicyclic) bond motifs is 3. The maximum atomic E-state index is 15.0. The fourth-order valence-corrected chi connectivity index (χ4v) is 10.6. The fourth-order valence-electron chi connectivity index (χ4n) is 10.6. The van der Waals surface area contributed by atoms with Gasteiger partial charge in [0, 0.05) is 31.2 Å². The number of carbonyl (C=O) groups excluding carboxylic acids is 6. The number of likely N-dealkylation sites (tertiary alicyclic amines) is 1. The van der Waals surface area contributed by atoms with E-state index in [1.165, 1.54) is 11.1 Å². The van der Waals surface area contributed by atoms with Crippen molar-refractivity contribution in [2.24, 2.45) is 10.8 Å². The molecule has 2 aliphatic carbocycles. The van der Waals surface area contributed by atoms with Crippen molar-refractivity contribution in [3.63, 3.8) is 0 Å². The van der Waals surface area contributed by atoms with Crippen LogP contribution in [-0.2, 0) is 54.5 Å². The lowest BCUT2D eigenvalue weighted by molar-refractivity contribution is -0.145. The van der Waals surface area contributed by atoms with Gasteiger partial charge in [0.25, 0.3) is 0 Å². The van der Waals surface area contributed by atoms with Crippen molar-refractivity contribution in [2.75, 3.05) is 11.9 Å². The van der Waals surface area contributed by atoms with Crippen molar-refractivity contribution < 1.29 is 38.2 Å². The zero-order chi connectivity index (χ0) is 52.5. The lowest BCUT2D eigenvalue weighted by atomic mass is 9.84. The van der Waals surface area contributed by atoms with Crippen LogP contribution in [0.25, 0.3) is 0 Å². The largest absolute Gasteiger partial charge is 0.444 e. The summed E-state index contributed by atoms with van der Waals surface area (Å²) in [6, 6.07) is 17.6. The smallest absolute Gasteiger partial charge is 0.408 e. The van der Waals surface area contributed by atoms with Gasteiger partial charge in [-0.2, -0.15) is 0 Å². The zero-order valence-electron chi connectivity index (χ0n) is 44.6. The Balaban J connectivity index is 1.17. The van der Waals surface area contributed by atoms with Crippen LogP contribution in [0.4, 0.5) is 15.3 Å². The molecule has 5 N–H and O–H groups in total. The Bertz CT molecular complexity index is 2520. The van der Waals surface area contributed by atoms with Crippen LogP contribution in [0.5, 0.6) is 0 Å². The van der Waals surface area contributed by atoms with Gasteiger partial charge in [0.15, 0.2) is 0 Å². The molecule has 2 heterocycles. The Kier molecular flexibility index (Phi) is 15.8. The minimum absolute atomic E-state index is 0.0817. The molecule has 1 fully saturated rings. The monoisotopic (exact) mass is 990 g/mol. The van der Waals surface area contributed by atoms with Gasteiger partial charge in [-0.05, 0) is 143 Å². The van der Waals surface area contributed by atoms with E-state index in [2.05, 4.69) is 50.8 Å². The molecule has 0 radical (unpaired) electrons. The molecule has 390 valence electrons. The Morgan fingerprint density at radius 1 is 0.569 bits per heavy atom. The van der Waals surface area contributed by atoms with Crippen molar-refractivity contribution in [1.82, 2.24) is 31.1 Å². The summed E-state index contributed by atoms with van der Waals surface area (Å²) in [5.41, 5.74) is 3.89. The number of carbonyl (C=O) groups is 6. The fraction of sp³-hybridized carbons (Fsp3) is 0.579. The Morgan fingerprint density at radius 2 is 1.04 bits per heavy atom. The van der Waals surface area contributed by atoms with E-state index in [1.54, 1.807) is 51.3 Å². The van der Waals surface area contributed by atoms with Gasteiger partial charge in [0.1, 0.15) is 35.4 Å². The van der Waals surface area contributed by atoms with Crippen LogP contribution < -0.4 is 26.6 Å². The van der Waals surface area contributed by atoms with Gasteiger partial charge in [-0.25, -0.2) is 9.59 Å². The minimum atomic E-state index is -1.03. The van der Waals surface area contributed by atoms with E-state index in [0.717, 1.165) is 60.8 Å². The first-order valence-electron chi connectivity index (χ1n) is 25.9. The Morgan fingerprint density at radius 3 is 1.53 bits per heavy atom. The van der Waals surface area contributed by atoms with Crippen molar-refractivity contribution in [3.8, 4) is 0 Å². The van der Waals surface area contributed by atoms with Gasteiger partial charge in [-0.15, -0.1) is 0 Å². The first kappa shape index (κ1) is 53.7. The van der Waals surface area contributed by atoms with E-state index in [1.807, 2.05) is 84.0 Å². The number of aryl methyl sites for hydroxylation is 2. The lowest BCUT2D eigenvalue weighted by Crippen LogP contribution is -2.61. The summed E-state index contributed by atoms with van der Waals surface area (Å²) < 4.78 is 11.2. The number of ether oxygens (including phenoxy) is 2. The van der Waals surface area contributed by atoms with Crippen molar-refractivity contribution >= 4 is 41.5 Å². The van der Waals surface area contributed by atoms with Gasteiger partial charge in [-0.1, -0.05) is 96.1 Å². The van der Waals surface area contributed by atoms with Crippen LogP contribution in [0.15, 0.2) is 66.7 Å². The average Bonchev–Trinajstić information content (AvgIpc) is 3.71. The second kappa shape index (κ2) is 21.2. The molecule has 0 bridgehead atoms. The molecule has 15 nitrogen and oxygen atoms in total. The second-order valence-electron chi connectivity index (χ2n) is 24.4. The van der Waals surface area contributed by atoms with E-state index < -0.39 is 70.2 Å². The summed E-state index contributed by atoms with van der Waals surface area (Å²) in [7, 11) is 0. The van der Waals surface area contributed by atoms with Crippen molar-refractivity contribution in [3.05, 3.63) is 100 Å². The number of nitrogens with one attached hydrogen (secondary N) is 5. The molecule has 1 saturated heterocycles. The van der Waals surface area contributed by atoms with Crippen molar-refractivity contribution in [1.29, 1.82) is 0 Å². The van der Waals surface area contributed by atoms with Crippen LogP contribution in [0.1, 0.15) is 161 Å². The SMILES string of the molecule is CC(C)(C)OC(=O)NC(C(=O)N1Cc2cc(NC3CC(C(=O)N[C@@H]4CCCc5ccccc54)N(C(=O)C(NC(=O)OC(C)(C)C)C(C)(C)C)C3)ccc2CC1C(=O)NC1CCCc2ccccc21)C(C)(C)C. The summed E-state index contributed by atoms with van der Waals surface area (Å²) in [5.74, 6) is -1.34. The van der Waals surface area contributed by atoms with E-state index >= 15 is 4.79 Å². The molecule has 6 unspecified atom stereocenters. The molecule has 0 spiro atoms. The standard InChI is InChI=1S/C57H79N7O8/c1-54(2,3)46(61-52(69)71-56(7,8)9)50(67)63-32-37-29-38(28-27-36(37)30-44(63)48(65)59-42-25-17-21-34-19-13-15-23-40(34)42)58-39-31-45(49(66)60-43-26-18-22-35-20-14-16-24-41(35)43)64(33-39)51(68)47(55(4,5)6)62-53(70)72-57(10,11)12/h13-16,19-20,23-24,27-29,39,42-47,58H,17-18,21-22,25-26,30-33H2,1-12H3,(H,59,65)(H,60,66)(H,61,69)(H,62,70)/t39?,42?,43-,44?,45?,46?,47?/m1/s1. The average molecular weight is 990 g/mol. The van der Waals surface area contributed by atoms with E-state index in [9.17, 15) is 24.0 Å². The third kappa shape index (κ3) is 13.1. The highest BCUT2D eigenvalue weighted by Crippen LogP contribution is 2.36. The number of amides is 6. The number of alkyl carbamates (subject to hydrolysis) is 2. The predicted octanol–water partition coefficient (Wildman–Crippen LogP) is 8.59. The van der Waals surface area contributed by atoms with Gasteiger partial charge < -0.3 is 45.9 Å². The molecule has 4 aliphatic rings. The number of benzene rings is 3. The third-order valence-corrected chi connectivity index (χ3v) is 14.1. The first-order valence-corrected chi connectivity index (χ1v) is 25.9. The quantitative estimate of drug-likeness (QED) is 0.133. The van der Waals surface area contributed by atoms with Crippen molar-refractivity contribution in [2.45, 2.75) is 194 Å². The molecular weight excluding hydrogens is 911 g/mol. The number of nitrogens with zero attached hydrogens (tertiary/aromatic N) is 2. The topological polar surface area (TPSA) is 188 Å². The number of anilines is 1. The molecular formula is C57H79N7O8. The minimum Gasteiger partial charge on any atom is -0.444 e. The van der Waals surface area contributed by atoms with Gasteiger partial charge in [0.2, 0.25) is 23.6 Å². The van der Waals surface area contributed by atoms with Gasteiger partial charge in [-0.3, -0.25) is 19.2 Å². The van der Waals surface area contributed by atoms with E-state index in [4.69, 9.17) is 9.47 Å². The number of hydrogen-bond acceptors (Lipinski definition) is 9. The second-order valence-corrected chi connectivity index (χ2v) is 24.4.